The molecule has 0 bridgehead atoms. The van der Waals surface area contributed by atoms with Crippen LogP contribution in [0.15, 0.2) is 52.1 Å². The number of hydrogen-bond donors (Lipinski definition) is 3. The van der Waals surface area contributed by atoms with Crippen molar-refractivity contribution in [2.45, 2.75) is 12.8 Å². The molecule has 9 heteroatoms. The van der Waals surface area contributed by atoms with E-state index in [-0.39, 0.29) is 29.8 Å². The van der Waals surface area contributed by atoms with Crippen LogP contribution in [0.1, 0.15) is 11.4 Å². The summed E-state index contributed by atoms with van der Waals surface area (Å²) < 4.78 is 18.2. The van der Waals surface area contributed by atoms with Gasteiger partial charge in [0.05, 0.1) is 6.26 Å². The van der Waals surface area contributed by atoms with E-state index >= 15 is 0 Å². The minimum Gasteiger partial charge on any atom is -0.461 e. The zero-order valence-corrected chi connectivity index (χ0v) is 17.2. The third-order valence-electron chi connectivity index (χ3n) is 3.77. The number of aliphatic imine (C=N–C) groups is 1. The number of rotatable bonds is 7. The highest BCUT2D eigenvalue weighted by molar-refractivity contribution is 14.0. The number of H-pyrrole nitrogens is 1. The standard InChI is InChI=1S/C18H21FN6O.HI/c1-20-18(21-10-8-13-4-6-14(19)7-5-13)22-11-9-16-23-17(25-24-16)15-3-2-12-26-15;/h2-7,12H,8-11H2,1H3,(H2,20,21,22)(H,23,24,25);1H. The van der Waals surface area contributed by atoms with Crippen molar-refractivity contribution < 1.29 is 8.81 Å². The summed E-state index contributed by atoms with van der Waals surface area (Å²) in [5.41, 5.74) is 1.07. The Morgan fingerprint density at radius 3 is 2.56 bits per heavy atom. The normalized spacial score (nSPS) is 11.1. The molecule has 0 radical (unpaired) electrons. The van der Waals surface area contributed by atoms with Gasteiger partial charge in [0.2, 0.25) is 5.82 Å². The average Bonchev–Trinajstić information content (AvgIpc) is 3.33. The molecule has 3 rings (SSSR count). The van der Waals surface area contributed by atoms with Crippen LogP contribution in [-0.4, -0.2) is 41.3 Å². The maximum Gasteiger partial charge on any atom is 0.216 e. The SMILES string of the molecule is CN=C(NCCc1ccc(F)cc1)NCCc1nc(-c2ccco2)n[nH]1.I. The lowest BCUT2D eigenvalue weighted by Gasteiger charge is -2.11. The summed E-state index contributed by atoms with van der Waals surface area (Å²) in [5.74, 6) is 2.44. The summed E-state index contributed by atoms with van der Waals surface area (Å²) >= 11 is 0. The Labute approximate surface area is 173 Å². The van der Waals surface area contributed by atoms with E-state index in [0.717, 1.165) is 17.8 Å². The van der Waals surface area contributed by atoms with Crippen LogP contribution in [0.2, 0.25) is 0 Å². The summed E-state index contributed by atoms with van der Waals surface area (Å²) in [6.07, 6.45) is 3.05. The van der Waals surface area contributed by atoms with E-state index in [0.29, 0.717) is 37.1 Å². The third-order valence-corrected chi connectivity index (χ3v) is 3.77. The first-order chi connectivity index (χ1) is 12.7. The van der Waals surface area contributed by atoms with E-state index in [1.807, 2.05) is 6.07 Å². The molecule has 144 valence electrons. The number of aromatic nitrogens is 3. The Balaban J connectivity index is 0.00000261. The molecule has 1 aromatic carbocycles. The van der Waals surface area contributed by atoms with Crippen molar-refractivity contribution in [2.24, 2.45) is 4.99 Å². The van der Waals surface area contributed by atoms with Gasteiger partial charge >= 0.3 is 0 Å². The van der Waals surface area contributed by atoms with E-state index in [4.69, 9.17) is 4.42 Å². The van der Waals surface area contributed by atoms with Gasteiger partial charge in [0, 0.05) is 26.6 Å². The molecular formula is C18H22FIN6O. The van der Waals surface area contributed by atoms with Crippen LogP contribution in [0, 0.1) is 5.82 Å². The van der Waals surface area contributed by atoms with Crippen molar-refractivity contribution in [2.75, 3.05) is 20.1 Å². The Kier molecular flexibility index (Phi) is 8.24. The predicted octanol–water partition coefficient (Wildman–Crippen LogP) is 2.77. The second-order valence-corrected chi connectivity index (χ2v) is 5.64. The fourth-order valence-corrected chi connectivity index (χ4v) is 2.42. The quantitative estimate of drug-likeness (QED) is 0.273. The van der Waals surface area contributed by atoms with Crippen molar-refractivity contribution in [3.05, 3.63) is 59.9 Å². The zero-order valence-electron chi connectivity index (χ0n) is 14.9. The molecule has 0 atom stereocenters. The molecule has 2 aromatic heterocycles. The molecule has 0 saturated carbocycles. The lowest BCUT2D eigenvalue weighted by atomic mass is 10.1. The molecule has 0 spiro atoms. The van der Waals surface area contributed by atoms with Crippen molar-refractivity contribution in [3.63, 3.8) is 0 Å². The average molecular weight is 484 g/mol. The summed E-state index contributed by atoms with van der Waals surface area (Å²) in [6, 6.07) is 10.1. The first-order valence-corrected chi connectivity index (χ1v) is 8.38. The molecular weight excluding hydrogens is 462 g/mol. The van der Waals surface area contributed by atoms with Gasteiger partial charge in [-0.05, 0) is 36.2 Å². The Morgan fingerprint density at radius 1 is 1.15 bits per heavy atom. The maximum atomic E-state index is 12.9. The third kappa shape index (κ3) is 6.35. The number of guanidine groups is 1. The number of nitrogens with one attached hydrogen (secondary N) is 3. The Hall–Kier alpha value is -2.43. The fraction of sp³-hybridized carbons (Fsp3) is 0.278. The number of hydrogen-bond acceptors (Lipinski definition) is 4. The van der Waals surface area contributed by atoms with E-state index < -0.39 is 0 Å². The van der Waals surface area contributed by atoms with Gasteiger partial charge in [-0.2, -0.15) is 5.10 Å². The van der Waals surface area contributed by atoms with Gasteiger partial charge in [-0.3, -0.25) is 10.1 Å². The topological polar surface area (TPSA) is 91.1 Å². The van der Waals surface area contributed by atoms with Gasteiger partial charge in [-0.1, -0.05) is 12.1 Å². The van der Waals surface area contributed by atoms with Crippen LogP contribution in [0.5, 0.6) is 0 Å². The van der Waals surface area contributed by atoms with Crippen molar-refractivity contribution >= 4 is 29.9 Å². The second-order valence-electron chi connectivity index (χ2n) is 5.64. The molecule has 3 aromatic rings. The van der Waals surface area contributed by atoms with E-state index in [1.165, 1.54) is 12.1 Å². The van der Waals surface area contributed by atoms with Crippen molar-refractivity contribution in [1.29, 1.82) is 0 Å². The molecule has 0 fully saturated rings. The fourth-order valence-electron chi connectivity index (χ4n) is 2.42. The summed E-state index contributed by atoms with van der Waals surface area (Å²) in [6.45, 7) is 1.36. The van der Waals surface area contributed by atoms with Gasteiger partial charge in [0.15, 0.2) is 11.7 Å². The highest BCUT2D eigenvalue weighted by atomic mass is 127. The molecule has 3 N–H and O–H groups in total. The minimum absolute atomic E-state index is 0. The van der Waals surface area contributed by atoms with Crippen LogP contribution in [0.3, 0.4) is 0 Å². The van der Waals surface area contributed by atoms with Crippen LogP contribution in [0.25, 0.3) is 11.6 Å². The Morgan fingerprint density at radius 2 is 1.89 bits per heavy atom. The van der Waals surface area contributed by atoms with Crippen LogP contribution in [-0.2, 0) is 12.8 Å². The molecule has 0 aliphatic carbocycles. The van der Waals surface area contributed by atoms with Crippen LogP contribution < -0.4 is 10.6 Å². The van der Waals surface area contributed by atoms with Gasteiger partial charge in [0.1, 0.15) is 11.6 Å². The zero-order chi connectivity index (χ0) is 18.2. The van der Waals surface area contributed by atoms with Crippen molar-refractivity contribution in [3.8, 4) is 11.6 Å². The number of nitrogens with zero attached hydrogens (tertiary/aromatic N) is 3. The molecule has 0 amide bonds. The largest absolute Gasteiger partial charge is 0.461 e. The van der Waals surface area contributed by atoms with Crippen LogP contribution in [0.4, 0.5) is 4.39 Å². The lowest BCUT2D eigenvalue weighted by molar-refractivity contribution is 0.577. The number of aromatic amines is 1. The van der Waals surface area contributed by atoms with Crippen molar-refractivity contribution in [1.82, 2.24) is 25.8 Å². The number of furan rings is 1. The molecule has 0 aliphatic heterocycles. The van der Waals surface area contributed by atoms with Crippen LogP contribution >= 0.6 is 24.0 Å². The highest BCUT2D eigenvalue weighted by Gasteiger charge is 2.08. The molecule has 0 aliphatic rings. The highest BCUT2D eigenvalue weighted by Crippen LogP contribution is 2.14. The number of benzene rings is 1. The lowest BCUT2D eigenvalue weighted by Crippen LogP contribution is -2.39. The van der Waals surface area contributed by atoms with E-state index in [2.05, 4.69) is 30.8 Å². The molecule has 2 heterocycles. The van der Waals surface area contributed by atoms with Gasteiger partial charge in [0.25, 0.3) is 0 Å². The van der Waals surface area contributed by atoms with Gasteiger partial charge < -0.3 is 15.1 Å². The van der Waals surface area contributed by atoms with E-state index in [1.54, 1.807) is 31.5 Å². The van der Waals surface area contributed by atoms with Gasteiger partial charge in [-0.15, -0.1) is 24.0 Å². The summed E-state index contributed by atoms with van der Waals surface area (Å²) in [7, 11) is 1.72. The van der Waals surface area contributed by atoms with Gasteiger partial charge in [-0.25, -0.2) is 9.37 Å². The molecule has 0 saturated heterocycles. The number of halogens is 2. The first kappa shape index (κ1) is 20.9. The smallest absolute Gasteiger partial charge is 0.216 e. The molecule has 27 heavy (non-hydrogen) atoms. The first-order valence-electron chi connectivity index (χ1n) is 8.38. The van der Waals surface area contributed by atoms with E-state index in [9.17, 15) is 4.39 Å². The summed E-state index contributed by atoms with van der Waals surface area (Å²) in [5, 5.41) is 13.5. The monoisotopic (exact) mass is 484 g/mol. The second kappa shape index (κ2) is 10.7. The maximum absolute atomic E-state index is 12.9. The molecule has 0 unspecified atom stereocenters. The Bertz CT molecular complexity index is 832. The predicted molar refractivity (Wildman–Crippen MR) is 113 cm³/mol. The summed E-state index contributed by atoms with van der Waals surface area (Å²) in [4.78, 5) is 8.58. The molecule has 7 nitrogen and oxygen atoms in total. The minimum atomic E-state index is -0.221.